The van der Waals surface area contributed by atoms with Gasteiger partial charge in [-0.15, -0.1) is 0 Å². The maximum atomic E-state index is 10.7. The predicted molar refractivity (Wildman–Crippen MR) is 60.5 cm³/mol. The first-order valence-corrected chi connectivity index (χ1v) is 5.27. The molecule has 3 atom stereocenters. The van der Waals surface area contributed by atoms with Gasteiger partial charge in [0.2, 0.25) is 0 Å². The molecular formula is C11H14N2O4. The lowest BCUT2D eigenvalue weighted by Gasteiger charge is -2.18. The van der Waals surface area contributed by atoms with Gasteiger partial charge in [-0.1, -0.05) is 18.2 Å². The molecule has 0 spiro atoms. The number of hydrogen-bond donors (Lipinski definition) is 4. The van der Waals surface area contributed by atoms with Gasteiger partial charge in [-0.3, -0.25) is 4.79 Å². The molecule has 2 rings (SSSR count). The molecule has 0 amide bonds. The van der Waals surface area contributed by atoms with Gasteiger partial charge in [0.25, 0.3) is 0 Å². The highest BCUT2D eigenvalue weighted by atomic mass is 17.1. The van der Waals surface area contributed by atoms with Crippen molar-refractivity contribution >= 4 is 11.7 Å². The second-order valence-electron chi connectivity index (χ2n) is 4.04. The van der Waals surface area contributed by atoms with Crippen LogP contribution >= 0.6 is 0 Å². The molecule has 5 N–H and O–H groups in total. The van der Waals surface area contributed by atoms with Crippen LogP contribution in [-0.4, -0.2) is 28.6 Å². The Labute approximate surface area is 97.9 Å². The maximum Gasteiger partial charge on any atom is 0.320 e. The fourth-order valence-corrected chi connectivity index (χ4v) is 2.09. The number of nitrogens with two attached hydrogens (primary N) is 1. The van der Waals surface area contributed by atoms with Crippen molar-refractivity contribution in [3.8, 4) is 0 Å². The van der Waals surface area contributed by atoms with Crippen LogP contribution in [0.25, 0.3) is 0 Å². The molecular weight excluding hydrogens is 224 g/mol. The Kier molecular flexibility index (Phi) is 3.28. The number of nitrogens with one attached hydrogen (secondary N) is 1. The van der Waals surface area contributed by atoms with Crippen molar-refractivity contribution in [2.75, 3.05) is 5.32 Å². The van der Waals surface area contributed by atoms with Crippen molar-refractivity contribution in [2.24, 2.45) is 5.73 Å². The monoisotopic (exact) mass is 238 g/mol. The largest absolute Gasteiger partial charge is 0.480 e. The Morgan fingerprint density at radius 1 is 1.53 bits per heavy atom. The molecule has 1 aromatic rings. The fraction of sp³-hybridized carbons (Fsp3) is 0.364. The quantitative estimate of drug-likeness (QED) is 0.457. The number of aliphatic carboxylic acids is 1. The molecule has 0 aliphatic carbocycles. The topological polar surface area (TPSA) is 105 Å². The molecule has 17 heavy (non-hydrogen) atoms. The smallest absolute Gasteiger partial charge is 0.320 e. The average molecular weight is 238 g/mol. The van der Waals surface area contributed by atoms with E-state index in [1.54, 1.807) is 0 Å². The van der Waals surface area contributed by atoms with E-state index in [4.69, 9.17) is 16.1 Å². The third-order valence-corrected chi connectivity index (χ3v) is 2.96. The first kappa shape index (κ1) is 11.8. The summed E-state index contributed by atoms with van der Waals surface area (Å²) in [5, 5.41) is 20.6. The summed E-state index contributed by atoms with van der Waals surface area (Å²) in [7, 11) is 0. The molecule has 0 bridgehead atoms. The Morgan fingerprint density at radius 3 is 2.88 bits per heavy atom. The van der Waals surface area contributed by atoms with Crippen LogP contribution in [0.5, 0.6) is 0 Å². The molecule has 1 aromatic carbocycles. The van der Waals surface area contributed by atoms with Crippen LogP contribution in [0.2, 0.25) is 0 Å². The van der Waals surface area contributed by atoms with E-state index in [1.165, 1.54) is 0 Å². The first-order valence-electron chi connectivity index (χ1n) is 5.27. The van der Waals surface area contributed by atoms with Crippen LogP contribution in [-0.2, 0) is 9.68 Å². The SMILES string of the molecule is NC(C[C@H]1c2ccccc2N[C@H]1OO)C(=O)O. The van der Waals surface area contributed by atoms with Crippen molar-refractivity contribution < 1.29 is 20.0 Å². The van der Waals surface area contributed by atoms with Gasteiger partial charge in [0.15, 0.2) is 6.23 Å². The van der Waals surface area contributed by atoms with Crippen molar-refractivity contribution in [1.82, 2.24) is 0 Å². The molecule has 92 valence electrons. The number of carboxylic acids is 1. The number of anilines is 1. The zero-order chi connectivity index (χ0) is 12.4. The summed E-state index contributed by atoms with van der Waals surface area (Å²) in [6, 6.07) is 6.42. The van der Waals surface area contributed by atoms with E-state index in [2.05, 4.69) is 10.2 Å². The number of carbonyl (C=O) groups is 1. The molecule has 1 heterocycles. The minimum Gasteiger partial charge on any atom is -0.480 e. The third kappa shape index (κ3) is 2.23. The molecule has 0 aromatic heterocycles. The number of hydrogen-bond acceptors (Lipinski definition) is 5. The zero-order valence-corrected chi connectivity index (χ0v) is 9.04. The molecule has 0 radical (unpaired) electrons. The Hall–Kier alpha value is -1.63. The lowest BCUT2D eigenvalue weighted by atomic mass is 9.93. The minimum absolute atomic E-state index is 0.199. The number of para-hydroxylation sites is 1. The summed E-state index contributed by atoms with van der Waals surface area (Å²) < 4.78 is 0. The van der Waals surface area contributed by atoms with Crippen molar-refractivity contribution in [1.29, 1.82) is 0 Å². The van der Waals surface area contributed by atoms with Gasteiger partial charge in [-0.25, -0.2) is 10.1 Å². The molecule has 0 saturated heterocycles. The zero-order valence-electron chi connectivity index (χ0n) is 9.04. The van der Waals surface area contributed by atoms with Crippen molar-refractivity contribution in [2.45, 2.75) is 24.6 Å². The Balaban J connectivity index is 2.21. The molecule has 0 fully saturated rings. The summed E-state index contributed by atoms with van der Waals surface area (Å²) in [4.78, 5) is 15.1. The second kappa shape index (κ2) is 4.70. The van der Waals surface area contributed by atoms with Gasteiger partial charge < -0.3 is 16.2 Å². The van der Waals surface area contributed by atoms with Crippen LogP contribution in [0.4, 0.5) is 5.69 Å². The van der Waals surface area contributed by atoms with E-state index < -0.39 is 18.2 Å². The third-order valence-electron chi connectivity index (χ3n) is 2.96. The van der Waals surface area contributed by atoms with Gasteiger partial charge in [-0.05, 0) is 18.1 Å². The fourth-order valence-electron chi connectivity index (χ4n) is 2.09. The average Bonchev–Trinajstić information content (AvgIpc) is 2.67. The van der Waals surface area contributed by atoms with Crippen LogP contribution in [0.1, 0.15) is 17.9 Å². The summed E-state index contributed by atoms with van der Waals surface area (Å²) in [6.07, 6.45) is -0.456. The van der Waals surface area contributed by atoms with Gasteiger partial charge in [0.1, 0.15) is 6.04 Å². The summed E-state index contributed by atoms with van der Waals surface area (Å²) in [5.74, 6) is -1.34. The normalized spacial score (nSPS) is 23.9. The van der Waals surface area contributed by atoms with E-state index in [0.717, 1.165) is 11.3 Å². The van der Waals surface area contributed by atoms with Gasteiger partial charge in [-0.2, -0.15) is 0 Å². The summed E-state index contributed by atoms with van der Waals surface area (Å²) >= 11 is 0. The lowest BCUT2D eigenvalue weighted by Crippen LogP contribution is -2.35. The van der Waals surface area contributed by atoms with Gasteiger partial charge in [0, 0.05) is 11.6 Å². The summed E-state index contributed by atoms with van der Waals surface area (Å²) in [6.45, 7) is 0. The predicted octanol–water partition coefficient (Wildman–Crippen LogP) is 0.813. The number of fused-ring (bicyclic) bond motifs is 1. The molecule has 6 nitrogen and oxygen atoms in total. The van der Waals surface area contributed by atoms with E-state index in [0.29, 0.717) is 0 Å². The molecule has 0 saturated carbocycles. The van der Waals surface area contributed by atoms with Crippen LogP contribution in [0, 0.1) is 0 Å². The van der Waals surface area contributed by atoms with Crippen molar-refractivity contribution in [3.05, 3.63) is 29.8 Å². The standard InChI is InChI=1S/C11H14N2O4/c12-8(11(14)15)5-7-6-3-1-2-4-9(6)13-10(7)17-16/h1-4,7-8,10,13,16H,5,12H2,(H,14,15)/t7-,8?,10-/m0/s1. The Morgan fingerprint density at radius 2 is 2.24 bits per heavy atom. The highest BCUT2D eigenvalue weighted by molar-refractivity contribution is 5.73. The molecule has 1 aliphatic rings. The Bertz CT molecular complexity index is 424. The highest BCUT2D eigenvalue weighted by Gasteiger charge is 2.35. The van der Waals surface area contributed by atoms with E-state index in [-0.39, 0.29) is 12.3 Å². The molecule has 1 unspecified atom stereocenters. The lowest BCUT2D eigenvalue weighted by molar-refractivity contribution is -0.274. The number of carboxylic acid groups (broad SMARTS) is 1. The highest BCUT2D eigenvalue weighted by Crippen LogP contribution is 2.38. The van der Waals surface area contributed by atoms with Crippen LogP contribution in [0.3, 0.4) is 0 Å². The minimum atomic E-state index is -1.06. The maximum absolute atomic E-state index is 10.7. The second-order valence-corrected chi connectivity index (χ2v) is 4.04. The van der Waals surface area contributed by atoms with Gasteiger partial charge in [0.05, 0.1) is 0 Å². The van der Waals surface area contributed by atoms with E-state index in [9.17, 15) is 4.79 Å². The van der Waals surface area contributed by atoms with E-state index >= 15 is 0 Å². The van der Waals surface area contributed by atoms with Crippen molar-refractivity contribution in [3.63, 3.8) is 0 Å². The van der Waals surface area contributed by atoms with E-state index in [1.807, 2.05) is 24.3 Å². The van der Waals surface area contributed by atoms with Gasteiger partial charge >= 0.3 is 5.97 Å². The van der Waals surface area contributed by atoms with Crippen LogP contribution < -0.4 is 11.1 Å². The summed E-state index contributed by atoms with van der Waals surface area (Å²) in [5.41, 5.74) is 7.24. The molecule has 6 heteroatoms. The number of benzene rings is 1. The molecule has 1 aliphatic heterocycles. The van der Waals surface area contributed by atoms with Crippen LogP contribution in [0.15, 0.2) is 24.3 Å². The number of rotatable bonds is 4. The first-order chi connectivity index (χ1) is 8.13.